The Morgan fingerprint density at radius 3 is 2.61 bits per heavy atom. The average molecular weight is 491 g/mol. The van der Waals surface area contributed by atoms with E-state index < -0.39 is 33.6 Å². The molecular weight excluding hydrogens is 477 g/mol. The monoisotopic (exact) mass is 490 g/mol. The first kappa shape index (κ1) is 19.8. The second kappa shape index (κ2) is 7.38. The SMILES string of the molecule is O=S1(=O)CC2N=C(SCc3ccc(Br)cc3F)N(c3ccc(F)cc3F)C2C1. The summed E-state index contributed by atoms with van der Waals surface area (Å²) in [5, 5.41) is 0.401. The van der Waals surface area contributed by atoms with Crippen molar-refractivity contribution in [3.05, 3.63) is 63.9 Å². The highest BCUT2D eigenvalue weighted by atomic mass is 79.9. The highest BCUT2D eigenvalue weighted by molar-refractivity contribution is 9.10. The molecule has 2 aromatic carbocycles. The van der Waals surface area contributed by atoms with Gasteiger partial charge < -0.3 is 4.90 Å². The average Bonchev–Trinajstić information content (AvgIpc) is 3.06. The van der Waals surface area contributed by atoms with Crippen molar-refractivity contribution in [1.82, 2.24) is 0 Å². The Labute approximate surface area is 172 Å². The number of hydrogen-bond donors (Lipinski definition) is 0. The van der Waals surface area contributed by atoms with E-state index in [1.54, 1.807) is 12.1 Å². The molecule has 0 amide bonds. The van der Waals surface area contributed by atoms with Gasteiger partial charge in [0.1, 0.15) is 17.5 Å². The Kier molecular flexibility index (Phi) is 5.22. The zero-order valence-electron chi connectivity index (χ0n) is 14.3. The van der Waals surface area contributed by atoms with Crippen molar-refractivity contribution < 1.29 is 21.6 Å². The summed E-state index contributed by atoms with van der Waals surface area (Å²) >= 11 is 4.40. The van der Waals surface area contributed by atoms with Gasteiger partial charge in [0.25, 0.3) is 0 Å². The number of rotatable bonds is 3. The summed E-state index contributed by atoms with van der Waals surface area (Å²) in [4.78, 5) is 5.97. The van der Waals surface area contributed by atoms with E-state index in [2.05, 4.69) is 20.9 Å². The van der Waals surface area contributed by atoms with Crippen LogP contribution in [-0.2, 0) is 15.6 Å². The number of benzene rings is 2. The summed E-state index contributed by atoms with van der Waals surface area (Å²) < 4.78 is 66.5. The molecule has 0 saturated carbocycles. The van der Waals surface area contributed by atoms with E-state index in [1.807, 2.05) is 0 Å². The number of aliphatic imine (C=N–C) groups is 1. The van der Waals surface area contributed by atoms with E-state index in [4.69, 9.17) is 0 Å². The zero-order chi connectivity index (χ0) is 20.1. The van der Waals surface area contributed by atoms with Gasteiger partial charge in [0.15, 0.2) is 15.0 Å². The zero-order valence-corrected chi connectivity index (χ0v) is 17.5. The predicted molar refractivity (Wildman–Crippen MR) is 108 cm³/mol. The lowest BCUT2D eigenvalue weighted by atomic mass is 10.1. The van der Waals surface area contributed by atoms with Gasteiger partial charge in [-0.15, -0.1) is 0 Å². The minimum Gasteiger partial charge on any atom is -0.312 e. The fourth-order valence-electron chi connectivity index (χ4n) is 3.37. The fraction of sp³-hybridized carbons (Fsp3) is 0.278. The van der Waals surface area contributed by atoms with Crippen LogP contribution in [0.2, 0.25) is 0 Å². The number of sulfone groups is 1. The van der Waals surface area contributed by atoms with Crippen molar-refractivity contribution in [3.8, 4) is 0 Å². The van der Waals surface area contributed by atoms with Crippen LogP contribution in [0.3, 0.4) is 0 Å². The van der Waals surface area contributed by atoms with E-state index in [0.717, 1.165) is 12.1 Å². The minimum absolute atomic E-state index is 0.0635. The second-order valence-corrected chi connectivity index (χ2v) is 10.6. The van der Waals surface area contributed by atoms with Gasteiger partial charge >= 0.3 is 0 Å². The first-order valence-electron chi connectivity index (χ1n) is 8.33. The van der Waals surface area contributed by atoms with Crippen LogP contribution in [0.15, 0.2) is 45.9 Å². The van der Waals surface area contributed by atoms with E-state index in [9.17, 15) is 21.6 Å². The summed E-state index contributed by atoms with van der Waals surface area (Å²) in [6.07, 6.45) is 0. The van der Waals surface area contributed by atoms with Crippen LogP contribution in [0, 0.1) is 17.5 Å². The quantitative estimate of drug-likeness (QED) is 0.648. The maximum absolute atomic E-state index is 14.4. The highest BCUT2D eigenvalue weighted by Gasteiger charge is 2.47. The summed E-state index contributed by atoms with van der Waals surface area (Å²) in [6.45, 7) is 0. The number of fused-ring (bicyclic) bond motifs is 1. The maximum atomic E-state index is 14.4. The topological polar surface area (TPSA) is 49.7 Å². The maximum Gasteiger partial charge on any atom is 0.164 e. The Morgan fingerprint density at radius 2 is 1.89 bits per heavy atom. The minimum atomic E-state index is -3.29. The molecule has 0 aliphatic carbocycles. The lowest BCUT2D eigenvalue weighted by Gasteiger charge is -2.26. The molecule has 10 heteroatoms. The molecule has 0 radical (unpaired) electrons. The molecule has 1 saturated heterocycles. The van der Waals surface area contributed by atoms with Gasteiger partial charge in [0, 0.05) is 16.3 Å². The molecule has 4 nitrogen and oxygen atoms in total. The number of amidine groups is 1. The summed E-state index contributed by atoms with van der Waals surface area (Å²) in [7, 11) is -3.29. The van der Waals surface area contributed by atoms with E-state index >= 15 is 0 Å². The molecule has 2 aliphatic heterocycles. The fourth-order valence-corrected chi connectivity index (χ4v) is 6.65. The largest absolute Gasteiger partial charge is 0.312 e. The predicted octanol–water partition coefficient (Wildman–Crippen LogP) is 4.14. The van der Waals surface area contributed by atoms with Crippen molar-refractivity contribution in [2.45, 2.75) is 17.8 Å². The smallest absolute Gasteiger partial charge is 0.164 e. The van der Waals surface area contributed by atoms with Crippen molar-refractivity contribution in [2.75, 3.05) is 16.4 Å². The van der Waals surface area contributed by atoms with Gasteiger partial charge in [-0.05, 0) is 29.8 Å². The Balaban J connectivity index is 1.65. The molecule has 2 aliphatic rings. The highest BCUT2D eigenvalue weighted by Crippen LogP contribution is 2.37. The number of hydrogen-bond acceptors (Lipinski definition) is 5. The van der Waals surface area contributed by atoms with E-state index in [-0.39, 0.29) is 28.8 Å². The van der Waals surface area contributed by atoms with Crippen LogP contribution in [0.25, 0.3) is 0 Å². The molecule has 1 fully saturated rings. The first-order chi connectivity index (χ1) is 13.2. The van der Waals surface area contributed by atoms with Crippen LogP contribution in [0.5, 0.6) is 0 Å². The molecular formula is C18H14BrF3N2O2S2. The lowest BCUT2D eigenvalue weighted by Crippen LogP contribution is -2.39. The van der Waals surface area contributed by atoms with Gasteiger partial charge in [-0.3, -0.25) is 4.99 Å². The first-order valence-corrected chi connectivity index (χ1v) is 11.9. The number of halogens is 4. The standard InChI is InChI=1S/C18H14BrF3N2O2S2/c19-11-2-1-10(13(21)5-11)7-27-18-23-15-8-28(25,26)9-17(15)24(18)16-4-3-12(20)6-14(16)22/h1-6,15,17H,7-9H2. The van der Waals surface area contributed by atoms with Gasteiger partial charge in [0.05, 0.1) is 29.3 Å². The molecule has 0 aromatic heterocycles. The molecule has 0 bridgehead atoms. The molecule has 2 heterocycles. The molecule has 0 N–H and O–H groups in total. The molecule has 2 atom stereocenters. The molecule has 148 valence electrons. The third-order valence-electron chi connectivity index (χ3n) is 4.65. The second-order valence-electron chi connectivity index (χ2n) is 6.61. The van der Waals surface area contributed by atoms with Crippen LogP contribution in [0.1, 0.15) is 5.56 Å². The number of thioether (sulfide) groups is 1. The Bertz CT molecular complexity index is 1080. The van der Waals surface area contributed by atoms with Gasteiger partial charge in [-0.25, -0.2) is 21.6 Å². The Hall–Kier alpha value is -1.52. The van der Waals surface area contributed by atoms with Crippen LogP contribution >= 0.6 is 27.7 Å². The Morgan fingerprint density at radius 1 is 1.11 bits per heavy atom. The van der Waals surface area contributed by atoms with Gasteiger partial charge in [-0.2, -0.15) is 0 Å². The summed E-state index contributed by atoms with van der Waals surface area (Å²) in [5.41, 5.74) is 0.508. The third-order valence-corrected chi connectivity index (χ3v) is 7.86. The lowest BCUT2D eigenvalue weighted by molar-refractivity contribution is 0.577. The summed E-state index contributed by atoms with van der Waals surface area (Å²) in [6, 6.07) is 6.77. The van der Waals surface area contributed by atoms with Crippen molar-refractivity contribution in [1.29, 1.82) is 0 Å². The normalized spacial score (nSPS) is 23.0. The van der Waals surface area contributed by atoms with Crippen LogP contribution in [-0.4, -0.2) is 37.2 Å². The molecule has 28 heavy (non-hydrogen) atoms. The van der Waals surface area contributed by atoms with Crippen LogP contribution in [0.4, 0.5) is 18.9 Å². The molecule has 2 unspecified atom stereocenters. The van der Waals surface area contributed by atoms with E-state index in [0.29, 0.717) is 15.2 Å². The van der Waals surface area contributed by atoms with Crippen LogP contribution < -0.4 is 4.90 Å². The van der Waals surface area contributed by atoms with Gasteiger partial charge in [0.2, 0.25) is 0 Å². The van der Waals surface area contributed by atoms with Crippen molar-refractivity contribution in [3.63, 3.8) is 0 Å². The molecule has 4 rings (SSSR count). The molecule has 2 aromatic rings. The van der Waals surface area contributed by atoms with Gasteiger partial charge in [-0.1, -0.05) is 33.8 Å². The van der Waals surface area contributed by atoms with Crippen molar-refractivity contribution >= 4 is 48.4 Å². The number of anilines is 1. The van der Waals surface area contributed by atoms with Crippen molar-refractivity contribution in [2.24, 2.45) is 4.99 Å². The number of nitrogens with zero attached hydrogens (tertiary/aromatic N) is 2. The third kappa shape index (κ3) is 3.81. The summed E-state index contributed by atoms with van der Waals surface area (Å²) in [5.74, 6) is -1.94. The van der Waals surface area contributed by atoms with E-state index in [1.165, 1.54) is 28.8 Å². The molecule has 0 spiro atoms.